The Bertz CT molecular complexity index is 1460. The maximum absolute atomic E-state index is 13.8. The second-order valence-corrected chi connectivity index (χ2v) is 9.18. The number of ketones is 2. The molecule has 3 aromatic carbocycles. The summed E-state index contributed by atoms with van der Waals surface area (Å²) in [6, 6.07) is 17.2. The predicted octanol–water partition coefficient (Wildman–Crippen LogP) is 3.79. The van der Waals surface area contributed by atoms with Crippen LogP contribution in [0.2, 0.25) is 0 Å². The second kappa shape index (κ2) is 8.05. The lowest BCUT2D eigenvalue weighted by atomic mass is 9.83. The van der Waals surface area contributed by atoms with E-state index in [1.807, 2.05) is 24.3 Å². The van der Waals surface area contributed by atoms with Crippen molar-refractivity contribution in [3.05, 3.63) is 101 Å². The molecule has 7 nitrogen and oxygen atoms in total. The summed E-state index contributed by atoms with van der Waals surface area (Å²) in [7, 11) is 0. The van der Waals surface area contributed by atoms with Gasteiger partial charge in [-0.05, 0) is 66.6 Å². The number of fused-ring (bicyclic) bond motifs is 5. The SMILES string of the molecule is CC(=O)c1ccc(N2C(=O)[C@@H]3[C@H](C2=O)[C@H](C(=O)c2ccc(F)cc2)N2N=Cc4ccccc4[C@H]32)cc1. The van der Waals surface area contributed by atoms with E-state index in [1.165, 1.54) is 31.2 Å². The average molecular weight is 481 g/mol. The Morgan fingerprint density at radius 3 is 2.17 bits per heavy atom. The molecule has 0 saturated carbocycles. The van der Waals surface area contributed by atoms with Gasteiger partial charge in [0.05, 0.1) is 29.8 Å². The van der Waals surface area contributed by atoms with Gasteiger partial charge in [0.25, 0.3) is 0 Å². The third-order valence-electron chi connectivity index (χ3n) is 7.22. The number of hydrazone groups is 1. The van der Waals surface area contributed by atoms with Crippen molar-refractivity contribution in [2.75, 3.05) is 4.90 Å². The summed E-state index contributed by atoms with van der Waals surface area (Å²) in [5.41, 5.74) is 2.67. The summed E-state index contributed by atoms with van der Waals surface area (Å²) in [5, 5.41) is 6.08. The van der Waals surface area contributed by atoms with E-state index in [0.717, 1.165) is 16.0 Å². The Balaban J connectivity index is 1.47. The molecule has 6 rings (SSSR count). The van der Waals surface area contributed by atoms with Crippen molar-refractivity contribution in [1.82, 2.24) is 5.01 Å². The summed E-state index contributed by atoms with van der Waals surface area (Å²) in [5.74, 6) is -3.74. The number of carbonyl (C=O) groups excluding carboxylic acids is 4. The number of nitrogens with zero attached hydrogens (tertiary/aromatic N) is 3. The van der Waals surface area contributed by atoms with Crippen LogP contribution < -0.4 is 4.90 Å². The highest BCUT2D eigenvalue weighted by molar-refractivity contribution is 6.24. The zero-order chi connectivity index (χ0) is 25.1. The Morgan fingerprint density at radius 2 is 1.47 bits per heavy atom. The van der Waals surface area contributed by atoms with Crippen LogP contribution in [0.4, 0.5) is 10.1 Å². The lowest BCUT2D eigenvalue weighted by Crippen LogP contribution is -2.44. The van der Waals surface area contributed by atoms with E-state index >= 15 is 0 Å². The molecular weight excluding hydrogens is 461 g/mol. The first-order valence-corrected chi connectivity index (χ1v) is 11.6. The summed E-state index contributed by atoms with van der Waals surface area (Å²) in [6.07, 6.45) is 1.63. The molecule has 3 aliphatic rings. The number of amides is 2. The van der Waals surface area contributed by atoms with Crippen LogP contribution in [0.25, 0.3) is 0 Å². The average Bonchev–Trinajstić information content (AvgIpc) is 3.36. The molecule has 0 unspecified atom stereocenters. The van der Waals surface area contributed by atoms with Crippen LogP contribution in [0, 0.1) is 17.7 Å². The third kappa shape index (κ3) is 3.14. The molecule has 36 heavy (non-hydrogen) atoms. The zero-order valence-electron chi connectivity index (χ0n) is 19.2. The summed E-state index contributed by atoms with van der Waals surface area (Å²) in [4.78, 5) is 54.2. The summed E-state index contributed by atoms with van der Waals surface area (Å²) < 4.78 is 13.5. The van der Waals surface area contributed by atoms with E-state index in [1.54, 1.807) is 35.5 Å². The molecule has 3 heterocycles. The zero-order valence-corrected chi connectivity index (χ0v) is 19.2. The first-order valence-electron chi connectivity index (χ1n) is 11.6. The number of imide groups is 1. The van der Waals surface area contributed by atoms with Crippen LogP contribution >= 0.6 is 0 Å². The number of benzene rings is 3. The van der Waals surface area contributed by atoms with Gasteiger partial charge >= 0.3 is 0 Å². The maximum atomic E-state index is 13.8. The first kappa shape index (κ1) is 22.0. The highest BCUT2D eigenvalue weighted by atomic mass is 19.1. The second-order valence-electron chi connectivity index (χ2n) is 9.18. The van der Waals surface area contributed by atoms with Gasteiger partial charge in [-0.1, -0.05) is 24.3 Å². The van der Waals surface area contributed by atoms with Crippen molar-refractivity contribution in [1.29, 1.82) is 0 Å². The molecule has 0 spiro atoms. The van der Waals surface area contributed by atoms with Gasteiger partial charge in [-0.3, -0.25) is 24.2 Å². The van der Waals surface area contributed by atoms with Crippen LogP contribution in [-0.4, -0.2) is 40.6 Å². The number of carbonyl (C=O) groups is 4. The topological polar surface area (TPSA) is 87.1 Å². The van der Waals surface area contributed by atoms with E-state index in [9.17, 15) is 23.6 Å². The molecule has 0 aliphatic carbocycles. The number of anilines is 1. The normalized spacial score (nSPS) is 23.9. The molecule has 2 amide bonds. The van der Waals surface area contributed by atoms with E-state index in [4.69, 9.17) is 0 Å². The monoisotopic (exact) mass is 481 g/mol. The maximum Gasteiger partial charge on any atom is 0.240 e. The molecule has 0 bridgehead atoms. The Hall–Kier alpha value is -4.46. The van der Waals surface area contributed by atoms with Gasteiger partial charge in [0.2, 0.25) is 11.8 Å². The van der Waals surface area contributed by atoms with Gasteiger partial charge < -0.3 is 0 Å². The largest absolute Gasteiger partial charge is 0.295 e. The first-order chi connectivity index (χ1) is 17.4. The number of hydrogen-bond donors (Lipinski definition) is 0. The minimum absolute atomic E-state index is 0.130. The third-order valence-corrected chi connectivity index (χ3v) is 7.22. The Morgan fingerprint density at radius 1 is 0.833 bits per heavy atom. The van der Waals surface area contributed by atoms with Gasteiger partial charge in [-0.2, -0.15) is 5.10 Å². The van der Waals surface area contributed by atoms with Crippen LogP contribution in [-0.2, 0) is 9.59 Å². The fraction of sp³-hybridized carbons (Fsp3) is 0.179. The van der Waals surface area contributed by atoms with Crippen molar-refractivity contribution < 1.29 is 23.6 Å². The van der Waals surface area contributed by atoms with Gasteiger partial charge in [0, 0.05) is 11.1 Å². The lowest BCUT2D eigenvalue weighted by Gasteiger charge is -2.33. The number of halogens is 1. The van der Waals surface area contributed by atoms with Crippen molar-refractivity contribution in [3.63, 3.8) is 0 Å². The summed E-state index contributed by atoms with van der Waals surface area (Å²) >= 11 is 0. The quantitative estimate of drug-likeness (QED) is 0.418. The fourth-order valence-electron chi connectivity index (χ4n) is 5.55. The molecular formula is C28H20FN3O4. The van der Waals surface area contributed by atoms with E-state index in [2.05, 4.69) is 5.10 Å². The van der Waals surface area contributed by atoms with Crippen LogP contribution in [0.3, 0.4) is 0 Å². The number of hydrogen-bond acceptors (Lipinski definition) is 6. The molecule has 8 heteroatoms. The van der Waals surface area contributed by atoms with Crippen molar-refractivity contribution in [3.8, 4) is 0 Å². The molecule has 3 aromatic rings. The fourth-order valence-corrected chi connectivity index (χ4v) is 5.55. The van der Waals surface area contributed by atoms with E-state index in [-0.39, 0.29) is 11.3 Å². The summed E-state index contributed by atoms with van der Waals surface area (Å²) in [6.45, 7) is 1.44. The number of Topliss-reactive ketones (excluding diaryl/α,β-unsaturated/α-hetero) is 2. The predicted molar refractivity (Wildman–Crippen MR) is 129 cm³/mol. The minimum atomic E-state index is -1.03. The van der Waals surface area contributed by atoms with Crippen LogP contribution in [0.1, 0.15) is 44.8 Å². The van der Waals surface area contributed by atoms with E-state index < -0.39 is 47.3 Å². The van der Waals surface area contributed by atoms with Gasteiger partial charge in [0.15, 0.2) is 11.6 Å². The molecule has 178 valence electrons. The molecule has 0 radical (unpaired) electrons. The molecule has 3 aliphatic heterocycles. The van der Waals surface area contributed by atoms with E-state index in [0.29, 0.717) is 11.3 Å². The molecule has 0 N–H and O–H groups in total. The van der Waals surface area contributed by atoms with Crippen molar-refractivity contribution in [2.24, 2.45) is 16.9 Å². The van der Waals surface area contributed by atoms with Crippen LogP contribution in [0.15, 0.2) is 77.9 Å². The Kier molecular flexibility index (Phi) is 4.93. The standard InChI is InChI=1S/C28H20FN3O4/c1-15(33)16-8-12-20(13-9-16)31-27(35)22-23(28(31)36)25(26(34)17-6-10-19(29)11-7-17)32-24(22)21-5-3-2-4-18(21)14-30-32/h2-14,22-25H,1H3/t22-,23+,24-,25-/m1/s1. The van der Waals surface area contributed by atoms with Gasteiger partial charge in [0.1, 0.15) is 11.9 Å². The van der Waals surface area contributed by atoms with Crippen molar-refractivity contribution in [2.45, 2.75) is 19.0 Å². The molecule has 2 fully saturated rings. The van der Waals surface area contributed by atoms with Gasteiger partial charge in [-0.25, -0.2) is 9.29 Å². The molecule has 4 atom stereocenters. The lowest BCUT2D eigenvalue weighted by molar-refractivity contribution is -0.124. The molecule has 2 saturated heterocycles. The van der Waals surface area contributed by atoms with Crippen LogP contribution in [0.5, 0.6) is 0 Å². The molecule has 0 aromatic heterocycles. The highest BCUT2D eigenvalue weighted by Crippen LogP contribution is 2.53. The smallest absolute Gasteiger partial charge is 0.240 e. The number of rotatable bonds is 4. The van der Waals surface area contributed by atoms with Crippen molar-refractivity contribution >= 4 is 35.3 Å². The highest BCUT2D eigenvalue weighted by Gasteiger charge is 2.65. The van der Waals surface area contributed by atoms with Gasteiger partial charge in [-0.15, -0.1) is 0 Å². The Labute approximate surface area is 205 Å². The minimum Gasteiger partial charge on any atom is -0.295 e.